The number of nitrogens with zero attached hydrogens (tertiary/aromatic N) is 2. The maximum absolute atomic E-state index is 13.3. The van der Waals surface area contributed by atoms with Gasteiger partial charge in [0.2, 0.25) is 0 Å². The van der Waals surface area contributed by atoms with E-state index in [1.165, 1.54) is 12.1 Å². The zero-order chi connectivity index (χ0) is 17.8. The summed E-state index contributed by atoms with van der Waals surface area (Å²) in [6.45, 7) is 2.08. The van der Waals surface area contributed by atoms with Crippen LogP contribution in [-0.2, 0) is 6.54 Å². The van der Waals surface area contributed by atoms with E-state index in [1.54, 1.807) is 35.4 Å². The molecule has 0 aliphatic rings. The van der Waals surface area contributed by atoms with E-state index < -0.39 is 5.82 Å². The molecule has 0 spiro atoms. The van der Waals surface area contributed by atoms with Crippen LogP contribution < -0.4 is 4.90 Å². The van der Waals surface area contributed by atoms with Gasteiger partial charge < -0.3 is 0 Å². The van der Waals surface area contributed by atoms with E-state index in [0.717, 1.165) is 5.56 Å². The summed E-state index contributed by atoms with van der Waals surface area (Å²) in [6, 6.07) is 16.9. The first-order valence-electron chi connectivity index (χ1n) is 7.78. The Hall–Kier alpha value is -2.72. The van der Waals surface area contributed by atoms with Gasteiger partial charge in [-0.2, -0.15) is 0 Å². The SMILES string of the molecule is Cc1ccccc1C(=O)N(Cc1ccc(F)cc1Cl)c1ccccn1. The van der Waals surface area contributed by atoms with Crippen molar-refractivity contribution in [3.8, 4) is 0 Å². The Morgan fingerprint density at radius 1 is 1.12 bits per heavy atom. The Balaban J connectivity index is 2.01. The molecule has 2 aromatic carbocycles. The minimum atomic E-state index is -0.414. The summed E-state index contributed by atoms with van der Waals surface area (Å²) in [6.07, 6.45) is 1.62. The van der Waals surface area contributed by atoms with Crippen LogP contribution in [0.3, 0.4) is 0 Å². The number of amides is 1. The molecule has 0 radical (unpaired) electrons. The summed E-state index contributed by atoms with van der Waals surface area (Å²) in [7, 11) is 0. The number of aromatic nitrogens is 1. The van der Waals surface area contributed by atoms with Crippen molar-refractivity contribution in [3.05, 3.63) is 94.4 Å². The zero-order valence-corrected chi connectivity index (χ0v) is 14.4. The van der Waals surface area contributed by atoms with Gasteiger partial charge in [0.15, 0.2) is 0 Å². The fourth-order valence-corrected chi connectivity index (χ4v) is 2.78. The summed E-state index contributed by atoms with van der Waals surface area (Å²) in [5, 5.41) is 0.276. The molecule has 1 heterocycles. The molecule has 126 valence electrons. The van der Waals surface area contributed by atoms with Crippen molar-refractivity contribution in [2.24, 2.45) is 0 Å². The molecule has 0 fully saturated rings. The quantitative estimate of drug-likeness (QED) is 0.658. The van der Waals surface area contributed by atoms with E-state index in [0.29, 0.717) is 16.9 Å². The van der Waals surface area contributed by atoms with Crippen LogP contribution in [0.5, 0.6) is 0 Å². The number of pyridine rings is 1. The normalized spacial score (nSPS) is 10.5. The molecule has 0 unspecified atom stereocenters. The highest BCUT2D eigenvalue weighted by atomic mass is 35.5. The average molecular weight is 355 g/mol. The van der Waals surface area contributed by atoms with Gasteiger partial charge in [-0.3, -0.25) is 9.69 Å². The molecule has 0 saturated heterocycles. The summed E-state index contributed by atoms with van der Waals surface area (Å²) in [5.74, 6) is -0.0864. The van der Waals surface area contributed by atoms with Gasteiger partial charge in [-0.15, -0.1) is 0 Å². The molecule has 5 heteroatoms. The number of anilines is 1. The number of halogens is 2. The first kappa shape index (κ1) is 17.1. The molecule has 0 bridgehead atoms. The van der Waals surface area contributed by atoms with E-state index >= 15 is 0 Å². The number of benzene rings is 2. The number of aryl methyl sites for hydroxylation is 1. The summed E-state index contributed by atoms with van der Waals surface area (Å²) < 4.78 is 13.3. The molecule has 3 rings (SSSR count). The van der Waals surface area contributed by atoms with Crippen LogP contribution in [0.2, 0.25) is 5.02 Å². The van der Waals surface area contributed by atoms with Gasteiger partial charge in [0, 0.05) is 16.8 Å². The van der Waals surface area contributed by atoms with Gasteiger partial charge in [-0.25, -0.2) is 9.37 Å². The minimum absolute atomic E-state index is 0.183. The lowest BCUT2D eigenvalue weighted by atomic mass is 10.1. The predicted molar refractivity (Wildman–Crippen MR) is 97.3 cm³/mol. The maximum Gasteiger partial charge on any atom is 0.260 e. The highest BCUT2D eigenvalue weighted by Crippen LogP contribution is 2.24. The molecular weight excluding hydrogens is 339 g/mol. The van der Waals surface area contributed by atoms with E-state index in [-0.39, 0.29) is 17.5 Å². The first-order valence-corrected chi connectivity index (χ1v) is 8.16. The summed E-state index contributed by atoms with van der Waals surface area (Å²) in [5.41, 5.74) is 2.11. The topological polar surface area (TPSA) is 33.2 Å². The number of hydrogen-bond acceptors (Lipinski definition) is 2. The van der Waals surface area contributed by atoms with Crippen LogP contribution in [0.1, 0.15) is 21.5 Å². The molecule has 1 aromatic heterocycles. The predicted octanol–water partition coefficient (Wildman–Crippen LogP) is 5.03. The summed E-state index contributed by atoms with van der Waals surface area (Å²) >= 11 is 6.14. The van der Waals surface area contributed by atoms with Gasteiger partial charge >= 0.3 is 0 Å². The van der Waals surface area contributed by atoms with Crippen molar-refractivity contribution >= 4 is 23.3 Å². The fraction of sp³-hybridized carbons (Fsp3) is 0.100. The second kappa shape index (κ2) is 7.45. The highest BCUT2D eigenvalue weighted by Gasteiger charge is 2.21. The van der Waals surface area contributed by atoms with Crippen molar-refractivity contribution in [2.75, 3.05) is 4.90 Å². The van der Waals surface area contributed by atoms with Gasteiger partial charge in [0.25, 0.3) is 5.91 Å². The highest BCUT2D eigenvalue weighted by molar-refractivity contribution is 6.31. The number of hydrogen-bond donors (Lipinski definition) is 0. The third-order valence-corrected chi connectivity index (χ3v) is 4.24. The Morgan fingerprint density at radius 2 is 1.88 bits per heavy atom. The maximum atomic E-state index is 13.3. The minimum Gasteiger partial charge on any atom is -0.288 e. The number of rotatable bonds is 4. The Kier molecular flexibility index (Phi) is 5.10. The molecule has 3 nitrogen and oxygen atoms in total. The van der Waals surface area contributed by atoms with Crippen LogP contribution in [0.25, 0.3) is 0 Å². The van der Waals surface area contributed by atoms with Gasteiger partial charge in [-0.05, 0) is 48.4 Å². The first-order chi connectivity index (χ1) is 12.1. The second-order valence-electron chi connectivity index (χ2n) is 5.63. The van der Waals surface area contributed by atoms with Crippen LogP contribution in [0.15, 0.2) is 66.9 Å². The third-order valence-electron chi connectivity index (χ3n) is 3.89. The monoisotopic (exact) mass is 354 g/mol. The van der Waals surface area contributed by atoms with Crippen molar-refractivity contribution in [1.29, 1.82) is 0 Å². The molecule has 0 atom stereocenters. The zero-order valence-electron chi connectivity index (χ0n) is 13.6. The molecule has 0 aliphatic carbocycles. The molecule has 25 heavy (non-hydrogen) atoms. The average Bonchev–Trinajstić information content (AvgIpc) is 2.62. The Morgan fingerprint density at radius 3 is 2.56 bits per heavy atom. The Bertz CT molecular complexity index is 899. The van der Waals surface area contributed by atoms with Crippen molar-refractivity contribution in [1.82, 2.24) is 4.98 Å². The van der Waals surface area contributed by atoms with Crippen molar-refractivity contribution in [2.45, 2.75) is 13.5 Å². The number of carbonyl (C=O) groups excluding carboxylic acids is 1. The standard InChI is InChI=1S/C20H16ClFN2O/c1-14-6-2-3-7-17(14)20(25)24(19-8-4-5-11-23-19)13-15-9-10-16(22)12-18(15)21/h2-12H,13H2,1H3. The second-order valence-corrected chi connectivity index (χ2v) is 6.04. The van der Waals surface area contributed by atoms with Crippen LogP contribution in [0.4, 0.5) is 10.2 Å². The summed E-state index contributed by atoms with van der Waals surface area (Å²) in [4.78, 5) is 18.9. The molecule has 0 aliphatic heterocycles. The lowest BCUT2D eigenvalue weighted by Gasteiger charge is -2.23. The van der Waals surface area contributed by atoms with Gasteiger partial charge in [0.05, 0.1) is 6.54 Å². The molecule has 3 aromatic rings. The van der Waals surface area contributed by atoms with E-state index in [1.807, 2.05) is 31.2 Å². The van der Waals surface area contributed by atoms with E-state index in [4.69, 9.17) is 11.6 Å². The van der Waals surface area contributed by atoms with Crippen LogP contribution in [0, 0.1) is 12.7 Å². The van der Waals surface area contributed by atoms with E-state index in [9.17, 15) is 9.18 Å². The molecular formula is C20H16ClFN2O. The Labute approximate surface area is 150 Å². The van der Waals surface area contributed by atoms with Gasteiger partial charge in [0.1, 0.15) is 11.6 Å². The lowest BCUT2D eigenvalue weighted by molar-refractivity contribution is 0.0984. The molecule has 0 N–H and O–H groups in total. The van der Waals surface area contributed by atoms with Crippen LogP contribution in [-0.4, -0.2) is 10.9 Å². The molecule has 0 saturated carbocycles. The molecule has 1 amide bonds. The third kappa shape index (κ3) is 3.86. The lowest BCUT2D eigenvalue weighted by Crippen LogP contribution is -2.31. The largest absolute Gasteiger partial charge is 0.288 e. The van der Waals surface area contributed by atoms with Crippen LogP contribution >= 0.6 is 11.6 Å². The van der Waals surface area contributed by atoms with E-state index in [2.05, 4.69) is 4.98 Å². The smallest absolute Gasteiger partial charge is 0.260 e. The van der Waals surface area contributed by atoms with Gasteiger partial charge in [-0.1, -0.05) is 41.9 Å². The van der Waals surface area contributed by atoms with Crippen molar-refractivity contribution < 1.29 is 9.18 Å². The number of carbonyl (C=O) groups is 1. The fourth-order valence-electron chi connectivity index (χ4n) is 2.55. The van der Waals surface area contributed by atoms with Crippen molar-refractivity contribution in [3.63, 3.8) is 0 Å².